The van der Waals surface area contributed by atoms with Crippen molar-refractivity contribution in [3.8, 4) is 0 Å². The third-order valence-corrected chi connectivity index (χ3v) is 4.55. The summed E-state index contributed by atoms with van der Waals surface area (Å²) in [7, 11) is 0. The van der Waals surface area contributed by atoms with E-state index in [0.717, 1.165) is 38.1 Å². The Balaban J connectivity index is 2.09. The van der Waals surface area contributed by atoms with Crippen LogP contribution < -0.4 is 0 Å². The van der Waals surface area contributed by atoms with Gasteiger partial charge in [0.25, 0.3) is 0 Å². The van der Waals surface area contributed by atoms with E-state index in [9.17, 15) is 9.18 Å². The fourth-order valence-electron chi connectivity index (χ4n) is 3.37. The van der Waals surface area contributed by atoms with E-state index < -0.39 is 0 Å². The summed E-state index contributed by atoms with van der Waals surface area (Å²) < 4.78 is 18.7. The van der Waals surface area contributed by atoms with Crippen molar-refractivity contribution in [2.75, 3.05) is 26.3 Å². The third-order valence-electron chi connectivity index (χ3n) is 4.55. The number of carbonyl (C=O) groups excluding carboxylic acids is 1. The second kappa shape index (κ2) is 8.44. The number of nitrogens with zero attached hydrogens (tertiary/aromatic N) is 1. The molecule has 1 saturated heterocycles. The third kappa shape index (κ3) is 4.77. The Bertz CT molecular complexity index is 501. The highest BCUT2D eigenvalue weighted by Crippen LogP contribution is 2.29. The first-order chi connectivity index (χ1) is 11.0. The maximum absolute atomic E-state index is 13.2. The van der Waals surface area contributed by atoms with Crippen LogP contribution in [-0.2, 0) is 9.53 Å². The van der Waals surface area contributed by atoms with Gasteiger partial charge in [0.05, 0.1) is 12.5 Å². The maximum atomic E-state index is 13.2. The molecule has 3 nitrogen and oxygen atoms in total. The van der Waals surface area contributed by atoms with Crippen LogP contribution in [0.1, 0.15) is 45.1 Å². The second-order valence-electron chi connectivity index (χ2n) is 6.73. The number of halogens is 1. The highest BCUT2D eigenvalue weighted by molar-refractivity contribution is 5.84. The van der Waals surface area contributed by atoms with E-state index in [1.165, 1.54) is 12.1 Å². The van der Waals surface area contributed by atoms with Gasteiger partial charge in [-0.05, 0) is 49.3 Å². The Morgan fingerprint density at radius 2 is 2.04 bits per heavy atom. The van der Waals surface area contributed by atoms with Crippen molar-refractivity contribution in [2.45, 2.75) is 39.5 Å². The molecular formula is C19H28FNO2. The van der Waals surface area contributed by atoms with Crippen molar-refractivity contribution in [1.82, 2.24) is 4.90 Å². The zero-order chi connectivity index (χ0) is 16.8. The standard InChI is InChI=1S/C19H28FNO2/c1-4-23-13-15-6-5-11-21(12-15)19(22)18(14(2)3)16-7-9-17(20)10-8-16/h7-10,14-15,18H,4-6,11-13H2,1-3H3. The Kier molecular flexibility index (Phi) is 6.58. The molecule has 1 amide bonds. The van der Waals surface area contributed by atoms with Crippen molar-refractivity contribution in [1.29, 1.82) is 0 Å². The van der Waals surface area contributed by atoms with Crippen LogP contribution in [-0.4, -0.2) is 37.1 Å². The average Bonchev–Trinajstić information content (AvgIpc) is 2.55. The van der Waals surface area contributed by atoms with Gasteiger partial charge in [-0.15, -0.1) is 0 Å². The Morgan fingerprint density at radius 1 is 1.35 bits per heavy atom. The molecule has 0 saturated carbocycles. The minimum absolute atomic E-state index is 0.160. The fourth-order valence-corrected chi connectivity index (χ4v) is 3.37. The van der Waals surface area contributed by atoms with E-state index in [0.29, 0.717) is 12.5 Å². The molecular weight excluding hydrogens is 293 g/mol. The molecule has 2 atom stereocenters. The van der Waals surface area contributed by atoms with E-state index in [4.69, 9.17) is 4.74 Å². The smallest absolute Gasteiger partial charge is 0.230 e. The Hall–Kier alpha value is -1.42. The van der Waals surface area contributed by atoms with Crippen molar-refractivity contribution in [3.05, 3.63) is 35.6 Å². The molecule has 0 N–H and O–H groups in total. The van der Waals surface area contributed by atoms with Crippen LogP contribution in [0.3, 0.4) is 0 Å². The molecule has 1 aromatic carbocycles. The van der Waals surface area contributed by atoms with Gasteiger partial charge in [0, 0.05) is 19.7 Å². The summed E-state index contributed by atoms with van der Waals surface area (Å²) in [6.45, 7) is 9.11. The lowest BCUT2D eigenvalue weighted by Gasteiger charge is -2.36. The van der Waals surface area contributed by atoms with Crippen molar-refractivity contribution in [2.24, 2.45) is 11.8 Å². The van der Waals surface area contributed by atoms with Crippen molar-refractivity contribution in [3.63, 3.8) is 0 Å². The number of likely N-dealkylation sites (tertiary alicyclic amines) is 1. The number of carbonyl (C=O) groups is 1. The van der Waals surface area contributed by atoms with Crippen LogP contribution >= 0.6 is 0 Å². The number of piperidine rings is 1. The normalized spacial score (nSPS) is 19.9. The van der Waals surface area contributed by atoms with E-state index in [1.54, 1.807) is 12.1 Å². The minimum atomic E-state index is -0.265. The van der Waals surface area contributed by atoms with Gasteiger partial charge in [0.2, 0.25) is 5.91 Å². The van der Waals surface area contributed by atoms with Gasteiger partial charge in [-0.1, -0.05) is 26.0 Å². The molecule has 0 aromatic heterocycles. The van der Waals surface area contributed by atoms with Gasteiger partial charge in [-0.3, -0.25) is 4.79 Å². The van der Waals surface area contributed by atoms with Crippen LogP contribution in [0.25, 0.3) is 0 Å². The molecule has 1 aliphatic heterocycles. The summed E-state index contributed by atoms with van der Waals surface area (Å²) in [6.07, 6.45) is 2.14. The van der Waals surface area contributed by atoms with Gasteiger partial charge in [0.15, 0.2) is 0 Å². The second-order valence-corrected chi connectivity index (χ2v) is 6.73. The molecule has 1 aliphatic rings. The number of rotatable bonds is 6. The number of benzene rings is 1. The van der Waals surface area contributed by atoms with E-state index in [2.05, 4.69) is 0 Å². The molecule has 0 radical (unpaired) electrons. The molecule has 1 heterocycles. The molecule has 4 heteroatoms. The van der Waals surface area contributed by atoms with Gasteiger partial charge >= 0.3 is 0 Å². The maximum Gasteiger partial charge on any atom is 0.230 e. The molecule has 0 aliphatic carbocycles. The predicted molar refractivity (Wildman–Crippen MR) is 89.8 cm³/mol. The van der Waals surface area contributed by atoms with Crippen LogP contribution in [0.2, 0.25) is 0 Å². The lowest BCUT2D eigenvalue weighted by molar-refractivity contribution is -0.136. The van der Waals surface area contributed by atoms with E-state index in [-0.39, 0.29) is 23.6 Å². The molecule has 0 spiro atoms. The van der Waals surface area contributed by atoms with E-state index >= 15 is 0 Å². The molecule has 128 valence electrons. The summed E-state index contributed by atoms with van der Waals surface area (Å²) in [5.74, 6) is 0.293. The van der Waals surface area contributed by atoms with Gasteiger partial charge < -0.3 is 9.64 Å². The molecule has 23 heavy (non-hydrogen) atoms. The molecule has 1 fully saturated rings. The van der Waals surface area contributed by atoms with Crippen molar-refractivity contribution >= 4 is 5.91 Å². The van der Waals surface area contributed by atoms with Crippen LogP contribution in [0.5, 0.6) is 0 Å². The monoisotopic (exact) mass is 321 g/mol. The number of hydrogen-bond donors (Lipinski definition) is 0. The minimum Gasteiger partial charge on any atom is -0.381 e. The Morgan fingerprint density at radius 3 is 2.65 bits per heavy atom. The van der Waals surface area contributed by atoms with E-state index in [1.807, 2.05) is 25.7 Å². The quantitative estimate of drug-likeness (QED) is 0.797. The first kappa shape index (κ1) is 17.9. The highest BCUT2D eigenvalue weighted by atomic mass is 19.1. The first-order valence-corrected chi connectivity index (χ1v) is 8.65. The molecule has 0 bridgehead atoms. The molecule has 2 unspecified atom stereocenters. The van der Waals surface area contributed by atoms with Gasteiger partial charge in [-0.2, -0.15) is 0 Å². The summed E-state index contributed by atoms with van der Waals surface area (Å²) in [5.41, 5.74) is 0.901. The lowest BCUT2D eigenvalue weighted by Crippen LogP contribution is -2.44. The first-order valence-electron chi connectivity index (χ1n) is 8.65. The number of amides is 1. The van der Waals surface area contributed by atoms with Crippen molar-refractivity contribution < 1.29 is 13.9 Å². The summed E-state index contributed by atoms with van der Waals surface area (Å²) >= 11 is 0. The summed E-state index contributed by atoms with van der Waals surface area (Å²) in [5, 5.41) is 0. The number of hydrogen-bond acceptors (Lipinski definition) is 2. The average molecular weight is 321 g/mol. The van der Waals surface area contributed by atoms with Gasteiger partial charge in [0.1, 0.15) is 5.82 Å². The van der Waals surface area contributed by atoms with Crippen LogP contribution in [0.15, 0.2) is 24.3 Å². The van der Waals surface area contributed by atoms with Crippen LogP contribution in [0, 0.1) is 17.7 Å². The fraction of sp³-hybridized carbons (Fsp3) is 0.632. The van der Waals surface area contributed by atoms with Gasteiger partial charge in [-0.25, -0.2) is 4.39 Å². The SMILES string of the molecule is CCOCC1CCCN(C(=O)C(c2ccc(F)cc2)C(C)C)C1. The lowest BCUT2D eigenvalue weighted by atomic mass is 9.86. The summed E-state index contributed by atoms with van der Waals surface area (Å²) in [4.78, 5) is 15.0. The summed E-state index contributed by atoms with van der Waals surface area (Å²) in [6, 6.07) is 6.34. The molecule has 1 aromatic rings. The zero-order valence-electron chi connectivity index (χ0n) is 14.4. The highest BCUT2D eigenvalue weighted by Gasteiger charge is 2.31. The van der Waals surface area contributed by atoms with Crippen LogP contribution in [0.4, 0.5) is 4.39 Å². The number of ether oxygens (including phenoxy) is 1. The largest absolute Gasteiger partial charge is 0.381 e. The topological polar surface area (TPSA) is 29.5 Å². The zero-order valence-corrected chi connectivity index (χ0v) is 14.4. The Labute approximate surface area is 138 Å². The predicted octanol–water partition coefficient (Wildman–Crippen LogP) is 3.84. The molecule has 2 rings (SSSR count).